The molecular weight excluding hydrogens is 458 g/mol. The average Bonchev–Trinajstić information content (AvgIpc) is 2.92. The third-order valence-electron chi connectivity index (χ3n) is 3.83. The Morgan fingerprint density at radius 2 is 1.59 bits per heavy atom. The standard InChI is InChI=1S/C20H16BrN3O4S/c1-12(25)22-15-6-2-13(3-7-15)10-17-19(27)24(20(28)29-17)11-18(26)23-16-8-4-14(21)5-9-16/h2-10H,11H2,1H3,(H,22,25)(H,23,26)/b17-10-. The molecule has 2 aromatic rings. The molecule has 9 heteroatoms. The minimum Gasteiger partial charge on any atom is -0.326 e. The minimum atomic E-state index is -0.517. The maximum Gasteiger partial charge on any atom is 0.294 e. The van der Waals surface area contributed by atoms with Crippen molar-refractivity contribution in [3.63, 3.8) is 0 Å². The van der Waals surface area contributed by atoms with Crippen LogP contribution in [0.1, 0.15) is 12.5 Å². The SMILES string of the molecule is CC(=O)Nc1ccc(/C=C2\SC(=O)N(CC(=O)Nc3ccc(Br)cc3)C2=O)cc1. The van der Waals surface area contributed by atoms with E-state index in [1.165, 1.54) is 6.92 Å². The normalized spacial score (nSPS) is 15.0. The van der Waals surface area contributed by atoms with Crippen LogP contribution in [-0.2, 0) is 14.4 Å². The molecule has 1 aliphatic heterocycles. The minimum absolute atomic E-state index is 0.180. The molecule has 0 radical (unpaired) electrons. The van der Waals surface area contributed by atoms with Crippen LogP contribution >= 0.6 is 27.7 Å². The van der Waals surface area contributed by atoms with Gasteiger partial charge in [-0.1, -0.05) is 28.1 Å². The van der Waals surface area contributed by atoms with Gasteiger partial charge in [0.05, 0.1) is 4.91 Å². The molecule has 29 heavy (non-hydrogen) atoms. The molecule has 1 aliphatic rings. The zero-order chi connectivity index (χ0) is 21.0. The summed E-state index contributed by atoms with van der Waals surface area (Å²) in [7, 11) is 0. The van der Waals surface area contributed by atoms with Crippen molar-refractivity contribution in [1.82, 2.24) is 4.90 Å². The lowest BCUT2D eigenvalue weighted by molar-refractivity contribution is -0.127. The molecule has 7 nitrogen and oxygen atoms in total. The summed E-state index contributed by atoms with van der Waals surface area (Å²) in [6, 6.07) is 13.8. The Kier molecular flexibility index (Phi) is 6.50. The number of halogens is 1. The van der Waals surface area contributed by atoms with Crippen molar-refractivity contribution >= 4 is 68.1 Å². The maximum atomic E-state index is 12.5. The lowest BCUT2D eigenvalue weighted by atomic mass is 10.2. The van der Waals surface area contributed by atoms with E-state index in [4.69, 9.17) is 0 Å². The van der Waals surface area contributed by atoms with Crippen molar-refractivity contribution in [3.8, 4) is 0 Å². The second-order valence-corrected chi connectivity index (χ2v) is 8.03. The zero-order valence-corrected chi connectivity index (χ0v) is 17.7. The molecule has 0 spiro atoms. The van der Waals surface area contributed by atoms with Crippen LogP contribution in [0.3, 0.4) is 0 Å². The van der Waals surface area contributed by atoms with Gasteiger partial charge in [-0.2, -0.15) is 0 Å². The van der Waals surface area contributed by atoms with E-state index in [9.17, 15) is 19.2 Å². The second-order valence-electron chi connectivity index (χ2n) is 6.13. The fourth-order valence-corrected chi connectivity index (χ4v) is 3.63. The highest BCUT2D eigenvalue weighted by atomic mass is 79.9. The molecule has 0 aliphatic carbocycles. The largest absolute Gasteiger partial charge is 0.326 e. The molecule has 0 saturated carbocycles. The second kappa shape index (κ2) is 9.06. The number of imide groups is 1. The molecule has 0 unspecified atom stereocenters. The number of carbonyl (C=O) groups is 4. The summed E-state index contributed by atoms with van der Waals surface area (Å²) in [5, 5.41) is 4.81. The van der Waals surface area contributed by atoms with Gasteiger partial charge in [0.1, 0.15) is 6.54 Å². The van der Waals surface area contributed by atoms with Crippen LogP contribution < -0.4 is 10.6 Å². The zero-order valence-electron chi connectivity index (χ0n) is 15.3. The van der Waals surface area contributed by atoms with Crippen molar-refractivity contribution in [2.24, 2.45) is 0 Å². The highest BCUT2D eigenvalue weighted by molar-refractivity contribution is 9.10. The monoisotopic (exact) mass is 473 g/mol. The Morgan fingerprint density at radius 1 is 1.00 bits per heavy atom. The van der Waals surface area contributed by atoms with Crippen LogP contribution in [0.4, 0.5) is 16.2 Å². The van der Waals surface area contributed by atoms with E-state index in [0.717, 1.165) is 21.1 Å². The van der Waals surface area contributed by atoms with E-state index in [1.54, 1.807) is 54.6 Å². The van der Waals surface area contributed by atoms with Crippen molar-refractivity contribution in [1.29, 1.82) is 0 Å². The van der Waals surface area contributed by atoms with Gasteiger partial charge in [-0.15, -0.1) is 0 Å². The first kappa shape index (κ1) is 20.8. The van der Waals surface area contributed by atoms with Gasteiger partial charge in [-0.3, -0.25) is 24.1 Å². The fourth-order valence-electron chi connectivity index (χ4n) is 2.53. The van der Waals surface area contributed by atoms with Crippen LogP contribution in [0.2, 0.25) is 0 Å². The first-order valence-electron chi connectivity index (χ1n) is 8.50. The molecule has 0 bridgehead atoms. The van der Waals surface area contributed by atoms with E-state index in [-0.39, 0.29) is 17.4 Å². The number of amides is 4. The fraction of sp³-hybridized carbons (Fsp3) is 0.100. The summed E-state index contributed by atoms with van der Waals surface area (Å²) >= 11 is 4.09. The first-order chi connectivity index (χ1) is 13.8. The van der Waals surface area contributed by atoms with E-state index in [1.807, 2.05) is 0 Å². The predicted molar refractivity (Wildman–Crippen MR) is 116 cm³/mol. The summed E-state index contributed by atoms with van der Waals surface area (Å²) in [4.78, 5) is 49.1. The Labute approximate surface area is 179 Å². The van der Waals surface area contributed by atoms with Crippen LogP contribution in [0.25, 0.3) is 6.08 Å². The van der Waals surface area contributed by atoms with Crippen molar-refractivity contribution < 1.29 is 19.2 Å². The summed E-state index contributed by atoms with van der Waals surface area (Å²) < 4.78 is 0.872. The molecule has 1 saturated heterocycles. The van der Waals surface area contributed by atoms with Gasteiger partial charge >= 0.3 is 0 Å². The Balaban J connectivity index is 1.65. The average molecular weight is 474 g/mol. The van der Waals surface area contributed by atoms with E-state index in [2.05, 4.69) is 26.6 Å². The highest BCUT2D eigenvalue weighted by Crippen LogP contribution is 2.32. The number of benzene rings is 2. The summed E-state index contributed by atoms with van der Waals surface area (Å²) in [5.74, 6) is -1.16. The summed E-state index contributed by atoms with van der Waals surface area (Å²) in [6.45, 7) is 1.05. The topological polar surface area (TPSA) is 95.6 Å². The molecule has 0 atom stereocenters. The van der Waals surface area contributed by atoms with Gasteiger partial charge in [0.2, 0.25) is 11.8 Å². The van der Waals surface area contributed by atoms with Crippen LogP contribution in [0.15, 0.2) is 57.9 Å². The van der Waals surface area contributed by atoms with Crippen LogP contribution in [0.5, 0.6) is 0 Å². The molecule has 2 aromatic carbocycles. The highest BCUT2D eigenvalue weighted by Gasteiger charge is 2.36. The molecule has 4 amide bonds. The van der Waals surface area contributed by atoms with Gasteiger partial charge in [0, 0.05) is 22.8 Å². The first-order valence-corrected chi connectivity index (χ1v) is 10.1. The van der Waals surface area contributed by atoms with Gasteiger partial charge in [-0.05, 0) is 59.8 Å². The Bertz CT molecular complexity index is 1000. The predicted octanol–water partition coefficient (Wildman–Crippen LogP) is 4.08. The number of carbonyl (C=O) groups excluding carboxylic acids is 4. The number of nitrogens with zero attached hydrogens (tertiary/aromatic N) is 1. The van der Waals surface area contributed by atoms with Crippen LogP contribution in [0, 0.1) is 0 Å². The third-order valence-corrected chi connectivity index (χ3v) is 5.27. The van der Waals surface area contributed by atoms with E-state index in [0.29, 0.717) is 16.9 Å². The molecular formula is C20H16BrN3O4S. The summed E-state index contributed by atoms with van der Waals surface area (Å²) in [6.07, 6.45) is 1.58. The van der Waals surface area contributed by atoms with Crippen LogP contribution in [-0.4, -0.2) is 34.4 Å². The molecule has 0 aromatic heterocycles. The lowest BCUT2D eigenvalue weighted by Gasteiger charge is -2.12. The molecule has 1 heterocycles. The smallest absolute Gasteiger partial charge is 0.294 e. The Hall–Kier alpha value is -2.91. The van der Waals surface area contributed by atoms with Crippen molar-refractivity contribution in [3.05, 3.63) is 63.5 Å². The lowest BCUT2D eigenvalue weighted by Crippen LogP contribution is -2.36. The number of hydrogen-bond acceptors (Lipinski definition) is 5. The number of nitrogens with one attached hydrogen (secondary N) is 2. The van der Waals surface area contributed by atoms with Crippen molar-refractivity contribution in [2.75, 3.05) is 17.2 Å². The number of hydrogen-bond donors (Lipinski definition) is 2. The third kappa shape index (κ3) is 5.55. The maximum absolute atomic E-state index is 12.5. The van der Waals surface area contributed by atoms with Gasteiger partial charge in [-0.25, -0.2) is 0 Å². The molecule has 1 fully saturated rings. The van der Waals surface area contributed by atoms with Gasteiger partial charge in [0.25, 0.3) is 11.1 Å². The molecule has 3 rings (SSSR count). The Morgan fingerprint density at radius 3 is 2.21 bits per heavy atom. The summed E-state index contributed by atoms with van der Waals surface area (Å²) in [5.41, 5.74) is 1.90. The number of anilines is 2. The molecule has 148 valence electrons. The van der Waals surface area contributed by atoms with Gasteiger partial charge in [0.15, 0.2) is 0 Å². The molecule has 2 N–H and O–H groups in total. The number of thioether (sulfide) groups is 1. The van der Waals surface area contributed by atoms with Crippen molar-refractivity contribution in [2.45, 2.75) is 6.92 Å². The number of rotatable bonds is 5. The van der Waals surface area contributed by atoms with Gasteiger partial charge < -0.3 is 10.6 Å². The van der Waals surface area contributed by atoms with E-state index >= 15 is 0 Å². The van der Waals surface area contributed by atoms with E-state index < -0.39 is 17.1 Å². The quantitative estimate of drug-likeness (QED) is 0.637.